The van der Waals surface area contributed by atoms with Crippen LogP contribution in [0.1, 0.15) is 37.3 Å². The Bertz CT molecular complexity index is 547. The number of carbonyl (C=O) groups is 2. The number of nitrogens with one attached hydrogen (secondary N) is 2. The number of rotatable bonds is 10. The van der Waals surface area contributed by atoms with E-state index >= 15 is 0 Å². The van der Waals surface area contributed by atoms with Crippen LogP contribution >= 0.6 is 0 Å². The number of nitrogens with two attached hydrogens (primary N) is 1. The van der Waals surface area contributed by atoms with E-state index in [4.69, 9.17) is 10.5 Å². The van der Waals surface area contributed by atoms with Gasteiger partial charge in [0.25, 0.3) is 0 Å². The highest BCUT2D eigenvalue weighted by atomic mass is 16.5. The van der Waals surface area contributed by atoms with Crippen LogP contribution < -0.4 is 16.4 Å². The molecule has 1 aromatic rings. The molecule has 26 heavy (non-hydrogen) atoms. The summed E-state index contributed by atoms with van der Waals surface area (Å²) in [5.74, 6) is 0.0648. The molecule has 0 bridgehead atoms. The van der Waals surface area contributed by atoms with Gasteiger partial charge in [-0.2, -0.15) is 0 Å². The number of unbranched alkanes of at least 4 members (excludes halogenated alkanes) is 2. The van der Waals surface area contributed by atoms with Crippen LogP contribution in [-0.4, -0.2) is 56.2 Å². The van der Waals surface area contributed by atoms with Crippen molar-refractivity contribution < 1.29 is 14.3 Å². The van der Waals surface area contributed by atoms with Crippen molar-refractivity contribution in [2.75, 3.05) is 39.4 Å². The van der Waals surface area contributed by atoms with Gasteiger partial charge in [0.1, 0.15) is 0 Å². The molecule has 0 saturated carbocycles. The maximum Gasteiger partial charge on any atom is 0.312 e. The van der Waals surface area contributed by atoms with Gasteiger partial charge in [0.2, 0.25) is 5.91 Å². The molecule has 1 aliphatic heterocycles. The average Bonchev–Trinajstić information content (AvgIpc) is 2.65. The number of hydrogen-bond acceptors (Lipinski definition) is 4. The first kappa shape index (κ1) is 20.2. The van der Waals surface area contributed by atoms with Gasteiger partial charge >= 0.3 is 6.03 Å². The van der Waals surface area contributed by atoms with Crippen molar-refractivity contribution >= 4 is 11.9 Å². The number of amides is 3. The average molecular weight is 362 g/mol. The Balaban J connectivity index is 1.77. The lowest BCUT2D eigenvalue weighted by Crippen LogP contribution is -2.43. The molecule has 7 heteroatoms. The Morgan fingerprint density at radius 3 is 2.54 bits per heavy atom. The van der Waals surface area contributed by atoms with Crippen LogP contribution in [0.25, 0.3) is 0 Å². The summed E-state index contributed by atoms with van der Waals surface area (Å²) in [4.78, 5) is 25.3. The van der Waals surface area contributed by atoms with E-state index in [1.165, 1.54) is 0 Å². The van der Waals surface area contributed by atoms with Crippen molar-refractivity contribution in [1.82, 2.24) is 15.5 Å². The first-order valence-corrected chi connectivity index (χ1v) is 9.33. The summed E-state index contributed by atoms with van der Waals surface area (Å²) >= 11 is 0. The minimum atomic E-state index is -0.503. The molecule has 0 aromatic heterocycles. The molecule has 2 rings (SSSR count). The van der Waals surface area contributed by atoms with E-state index in [1.807, 2.05) is 18.2 Å². The fourth-order valence-electron chi connectivity index (χ4n) is 3.03. The third-order valence-corrected chi connectivity index (χ3v) is 4.46. The van der Waals surface area contributed by atoms with E-state index in [-0.39, 0.29) is 11.9 Å². The van der Waals surface area contributed by atoms with Crippen LogP contribution in [0.3, 0.4) is 0 Å². The Hall–Kier alpha value is -2.12. The van der Waals surface area contributed by atoms with Crippen LogP contribution in [0.5, 0.6) is 0 Å². The van der Waals surface area contributed by atoms with Gasteiger partial charge in [0.15, 0.2) is 0 Å². The van der Waals surface area contributed by atoms with Gasteiger partial charge in [-0.05, 0) is 18.4 Å². The summed E-state index contributed by atoms with van der Waals surface area (Å²) in [6.07, 6.45) is 2.99. The van der Waals surface area contributed by atoms with Gasteiger partial charge in [-0.15, -0.1) is 0 Å². The van der Waals surface area contributed by atoms with E-state index in [2.05, 4.69) is 27.7 Å². The van der Waals surface area contributed by atoms with Crippen LogP contribution in [0.15, 0.2) is 30.3 Å². The standard InChI is InChI=1S/C19H30N4O3/c20-19(25)21-10-6-2-5-9-18(24)22-17(16-7-3-1-4-8-16)15-23-11-13-26-14-12-23/h1,3-4,7-8,17H,2,5-6,9-15H2,(H,22,24)(H3,20,21,25)/t17-/m1/s1. The zero-order valence-electron chi connectivity index (χ0n) is 15.3. The van der Waals surface area contributed by atoms with Gasteiger partial charge in [0, 0.05) is 32.6 Å². The number of primary amides is 1. The van der Waals surface area contributed by atoms with Gasteiger partial charge in [0.05, 0.1) is 19.3 Å². The lowest BCUT2D eigenvalue weighted by atomic mass is 10.1. The largest absolute Gasteiger partial charge is 0.379 e. The monoisotopic (exact) mass is 362 g/mol. The number of urea groups is 1. The predicted molar refractivity (Wildman–Crippen MR) is 101 cm³/mol. The molecule has 1 aromatic carbocycles. The van der Waals surface area contributed by atoms with Crippen molar-refractivity contribution in [1.29, 1.82) is 0 Å². The van der Waals surface area contributed by atoms with Crippen molar-refractivity contribution in [3.63, 3.8) is 0 Å². The smallest absolute Gasteiger partial charge is 0.312 e. The molecule has 0 spiro atoms. The molecule has 144 valence electrons. The van der Waals surface area contributed by atoms with E-state index < -0.39 is 6.03 Å². The fraction of sp³-hybridized carbons (Fsp3) is 0.579. The molecule has 1 saturated heterocycles. The molecular weight excluding hydrogens is 332 g/mol. The van der Waals surface area contributed by atoms with Crippen molar-refractivity contribution in [3.8, 4) is 0 Å². The van der Waals surface area contributed by atoms with Crippen LogP contribution in [0.2, 0.25) is 0 Å². The predicted octanol–water partition coefficient (Wildman–Crippen LogP) is 1.40. The summed E-state index contributed by atoms with van der Waals surface area (Å²) in [5.41, 5.74) is 6.14. The number of hydrogen-bond donors (Lipinski definition) is 3. The molecule has 3 amide bonds. The van der Waals surface area contributed by atoms with Gasteiger partial charge in [-0.3, -0.25) is 9.69 Å². The Morgan fingerprint density at radius 1 is 1.12 bits per heavy atom. The molecule has 4 N–H and O–H groups in total. The first-order chi connectivity index (χ1) is 12.6. The summed E-state index contributed by atoms with van der Waals surface area (Å²) in [5, 5.41) is 5.73. The van der Waals surface area contributed by atoms with E-state index in [0.717, 1.165) is 57.7 Å². The van der Waals surface area contributed by atoms with E-state index in [1.54, 1.807) is 0 Å². The zero-order valence-corrected chi connectivity index (χ0v) is 15.3. The third-order valence-electron chi connectivity index (χ3n) is 4.46. The number of benzene rings is 1. The SMILES string of the molecule is NC(=O)NCCCCCC(=O)N[C@H](CN1CCOCC1)c1ccccc1. The summed E-state index contributed by atoms with van der Waals surface area (Å²) in [6.45, 7) is 4.63. The second-order valence-corrected chi connectivity index (χ2v) is 6.55. The molecule has 1 aliphatic rings. The summed E-state index contributed by atoms with van der Waals surface area (Å²) < 4.78 is 5.41. The Morgan fingerprint density at radius 2 is 1.85 bits per heavy atom. The van der Waals surface area contributed by atoms with Crippen molar-refractivity contribution in [2.45, 2.75) is 31.7 Å². The summed E-state index contributed by atoms with van der Waals surface area (Å²) in [7, 11) is 0. The van der Waals surface area contributed by atoms with Crippen LogP contribution in [-0.2, 0) is 9.53 Å². The van der Waals surface area contributed by atoms with Gasteiger partial charge in [-0.1, -0.05) is 36.8 Å². The maximum atomic E-state index is 12.4. The Labute approximate surface area is 155 Å². The second kappa shape index (κ2) is 11.5. The highest BCUT2D eigenvalue weighted by molar-refractivity contribution is 5.76. The van der Waals surface area contributed by atoms with Gasteiger partial charge < -0.3 is 21.1 Å². The number of ether oxygens (including phenoxy) is 1. The number of carbonyl (C=O) groups excluding carboxylic acids is 2. The highest BCUT2D eigenvalue weighted by Crippen LogP contribution is 2.16. The first-order valence-electron chi connectivity index (χ1n) is 9.33. The lowest BCUT2D eigenvalue weighted by Gasteiger charge is -2.31. The molecular formula is C19H30N4O3. The van der Waals surface area contributed by atoms with Crippen LogP contribution in [0, 0.1) is 0 Å². The molecule has 0 radical (unpaired) electrons. The lowest BCUT2D eigenvalue weighted by molar-refractivity contribution is -0.122. The van der Waals surface area contributed by atoms with Crippen molar-refractivity contribution in [3.05, 3.63) is 35.9 Å². The molecule has 1 atom stereocenters. The van der Waals surface area contributed by atoms with Crippen LogP contribution in [0.4, 0.5) is 4.79 Å². The summed E-state index contributed by atoms with van der Waals surface area (Å²) in [6, 6.07) is 9.58. The molecule has 0 aliphatic carbocycles. The van der Waals surface area contributed by atoms with E-state index in [0.29, 0.717) is 13.0 Å². The van der Waals surface area contributed by atoms with Gasteiger partial charge in [-0.25, -0.2) is 4.79 Å². The minimum Gasteiger partial charge on any atom is -0.379 e. The second-order valence-electron chi connectivity index (χ2n) is 6.55. The molecule has 1 heterocycles. The van der Waals surface area contributed by atoms with Crippen molar-refractivity contribution in [2.24, 2.45) is 5.73 Å². The minimum absolute atomic E-state index is 0.0154. The molecule has 7 nitrogen and oxygen atoms in total. The topological polar surface area (TPSA) is 96.7 Å². The third kappa shape index (κ3) is 7.84. The highest BCUT2D eigenvalue weighted by Gasteiger charge is 2.19. The normalized spacial score (nSPS) is 16.0. The number of nitrogens with zero attached hydrogens (tertiary/aromatic N) is 1. The fourth-order valence-corrected chi connectivity index (χ4v) is 3.03. The maximum absolute atomic E-state index is 12.4. The molecule has 1 fully saturated rings. The number of morpholine rings is 1. The quantitative estimate of drug-likeness (QED) is 0.548. The zero-order chi connectivity index (χ0) is 18.6. The Kier molecular flexibility index (Phi) is 8.92. The molecule has 0 unspecified atom stereocenters. The van der Waals surface area contributed by atoms with E-state index in [9.17, 15) is 9.59 Å².